The molecule has 0 amide bonds. The van der Waals surface area contributed by atoms with Gasteiger partial charge in [0.2, 0.25) is 0 Å². The lowest BCUT2D eigenvalue weighted by atomic mass is 9.87. The van der Waals surface area contributed by atoms with Gasteiger partial charge in [0.1, 0.15) is 0 Å². The van der Waals surface area contributed by atoms with Crippen molar-refractivity contribution in [1.29, 1.82) is 0 Å². The van der Waals surface area contributed by atoms with Crippen molar-refractivity contribution in [3.8, 4) is 0 Å². The highest BCUT2D eigenvalue weighted by molar-refractivity contribution is 4.74. The van der Waals surface area contributed by atoms with Crippen LogP contribution in [0.4, 0.5) is 0 Å². The smallest absolute Gasteiger partial charge is 0.00869 e. The minimum atomic E-state index is 0.344. The van der Waals surface area contributed by atoms with Crippen molar-refractivity contribution in [3.05, 3.63) is 0 Å². The molecule has 0 spiro atoms. The van der Waals surface area contributed by atoms with Crippen molar-refractivity contribution >= 4 is 0 Å². The van der Waals surface area contributed by atoms with E-state index in [-0.39, 0.29) is 0 Å². The van der Waals surface area contributed by atoms with Gasteiger partial charge >= 0.3 is 0 Å². The Labute approximate surface area is 103 Å². The maximum atomic E-state index is 6.16. The first-order chi connectivity index (χ1) is 7.30. The van der Waals surface area contributed by atoms with Gasteiger partial charge in [-0.2, -0.15) is 0 Å². The Kier molecular flexibility index (Phi) is 7.25. The summed E-state index contributed by atoms with van der Waals surface area (Å²) in [6.07, 6.45) is 4.71. The molecule has 0 fully saturated rings. The Morgan fingerprint density at radius 2 is 1.62 bits per heavy atom. The van der Waals surface area contributed by atoms with E-state index in [9.17, 15) is 0 Å². The molecule has 0 heterocycles. The quantitative estimate of drug-likeness (QED) is 0.724. The summed E-state index contributed by atoms with van der Waals surface area (Å²) < 4.78 is 0. The summed E-state index contributed by atoms with van der Waals surface area (Å²) in [5.41, 5.74) is 6.52. The average Bonchev–Trinajstić information content (AvgIpc) is 2.14. The zero-order valence-corrected chi connectivity index (χ0v) is 12.2. The molecule has 0 aromatic heterocycles. The zero-order valence-electron chi connectivity index (χ0n) is 12.2. The van der Waals surface area contributed by atoms with Crippen LogP contribution in [0.15, 0.2) is 0 Å². The first kappa shape index (κ1) is 15.9. The lowest BCUT2D eigenvalue weighted by molar-refractivity contribution is 0.213. The third-order valence-corrected chi connectivity index (χ3v) is 3.29. The fraction of sp³-hybridized carbons (Fsp3) is 1.00. The fourth-order valence-electron chi connectivity index (χ4n) is 2.35. The lowest BCUT2D eigenvalue weighted by Gasteiger charge is -2.29. The first-order valence-corrected chi connectivity index (χ1v) is 6.76. The van der Waals surface area contributed by atoms with Crippen LogP contribution in [0, 0.1) is 5.41 Å². The molecule has 0 aromatic rings. The van der Waals surface area contributed by atoms with E-state index < -0.39 is 0 Å². The topological polar surface area (TPSA) is 29.3 Å². The van der Waals surface area contributed by atoms with E-state index in [2.05, 4.69) is 46.6 Å². The molecule has 0 aliphatic carbocycles. The summed E-state index contributed by atoms with van der Waals surface area (Å²) in [6, 6.07) is 1.07. The summed E-state index contributed by atoms with van der Waals surface area (Å²) in [6.45, 7) is 12.4. The average molecular weight is 228 g/mol. The van der Waals surface area contributed by atoms with Crippen LogP contribution in [-0.4, -0.2) is 30.6 Å². The molecule has 1 unspecified atom stereocenters. The molecule has 2 nitrogen and oxygen atoms in total. The normalized spacial score (nSPS) is 14.8. The van der Waals surface area contributed by atoms with Crippen molar-refractivity contribution in [2.45, 2.75) is 72.4 Å². The van der Waals surface area contributed by atoms with Crippen molar-refractivity contribution in [2.24, 2.45) is 11.1 Å². The number of hydrogen-bond donors (Lipinski definition) is 1. The summed E-state index contributed by atoms with van der Waals surface area (Å²) in [7, 11) is 2.22. The number of rotatable bonds is 7. The maximum Gasteiger partial charge on any atom is 0.00869 e. The van der Waals surface area contributed by atoms with Crippen LogP contribution in [0.25, 0.3) is 0 Å². The molecular formula is C14H32N2. The zero-order chi connectivity index (χ0) is 12.8. The third kappa shape index (κ3) is 7.24. The van der Waals surface area contributed by atoms with Gasteiger partial charge < -0.3 is 10.6 Å². The second-order valence-corrected chi connectivity index (χ2v) is 6.26. The molecule has 16 heavy (non-hydrogen) atoms. The lowest BCUT2D eigenvalue weighted by Crippen LogP contribution is -2.36. The van der Waals surface area contributed by atoms with E-state index in [0.29, 0.717) is 11.5 Å². The maximum absolute atomic E-state index is 6.16. The first-order valence-electron chi connectivity index (χ1n) is 6.76. The van der Waals surface area contributed by atoms with Crippen molar-refractivity contribution in [3.63, 3.8) is 0 Å². The molecule has 0 saturated carbocycles. The molecule has 98 valence electrons. The van der Waals surface area contributed by atoms with Crippen LogP contribution in [0.3, 0.4) is 0 Å². The van der Waals surface area contributed by atoms with Gasteiger partial charge in [-0.15, -0.1) is 0 Å². The standard InChI is InChI=1S/C14H32N2/c1-7-13(8-2)16(6)10-9-12(15)11-14(3,4)5/h12-13H,7-11,15H2,1-6H3. The predicted octanol–water partition coefficient (Wildman–Crippen LogP) is 3.26. The van der Waals surface area contributed by atoms with Gasteiger partial charge in [0.25, 0.3) is 0 Å². The van der Waals surface area contributed by atoms with Crippen LogP contribution in [-0.2, 0) is 0 Å². The second-order valence-electron chi connectivity index (χ2n) is 6.26. The van der Waals surface area contributed by atoms with Crippen LogP contribution >= 0.6 is 0 Å². The van der Waals surface area contributed by atoms with Gasteiger partial charge in [0.05, 0.1) is 0 Å². The molecule has 2 N–H and O–H groups in total. The number of nitrogens with zero attached hydrogens (tertiary/aromatic N) is 1. The molecule has 0 aliphatic heterocycles. The fourth-order valence-corrected chi connectivity index (χ4v) is 2.35. The van der Waals surface area contributed by atoms with Crippen LogP contribution in [0.5, 0.6) is 0 Å². The molecular weight excluding hydrogens is 196 g/mol. The van der Waals surface area contributed by atoms with E-state index >= 15 is 0 Å². The highest BCUT2D eigenvalue weighted by Crippen LogP contribution is 2.21. The van der Waals surface area contributed by atoms with Crippen molar-refractivity contribution < 1.29 is 0 Å². The van der Waals surface area contributed by atoms with Gasteiger partial charge in [0, 0.05) is 12.1 Å². The Balaban J connectivity index is 3.86. The SMILES string of the molecule is CCC(CC)N(C)CCC(N)CC(C)(C)C. The van der Waals surface area contributed by atoms with Gasteiger partial charge in [-0.1, -0.05) is 34.6 Å². The molecule has 2 heteroatoms. The van der Waals surface area contributed by atoms with Gasteiger partial charge in [-0.25, -0.2) is 0 Å². The Morgan fingerprint density at radius 1 is 1.12 bits per heavy atom. The van der Waals surface area contributed by atoms with Gasteiger partial charge in [-0.3, -0.25) is 0 Å². The van der Waals surface area contributed by atoms with Crippen LogP contribution in [0.1, 0.15) is 60.3 Å². The van der Waals surface area contributed by atoms with Crippen molar-refractivity contribution in [2.75, 3.05) is 13.6 Å². The van der Waals surface area contributed by atoms with E-state index in [4.69, 9.17) is 5.73 Å². The van der Waals surface area contributed by atoms with Crippen LogP contribution in [0.2, 0.25) is 0 Å². The Bertz CT molecular complexity index is 168. The predicted molar refractivity (Wildman–Crippen MR) is 73.7 cm³/mol. The summed E-state index contributed by atoms with van der Waals surface area (Å²) in [5.74, 6) is 0. The summed E-state index contributed by atoms with van der Waals surface area (Å²) in [5, 5.41) is 0. The van der Waals surface area contributed by atoms with E-state index in [1.165, 1.54) is 12.8 Å². The minimum absolute atomic E-state index is 0.344. The molecule has 0 bridgehead atoms. The van der Waals surface area contributed by atoms with Gasteiger partial charge in [-0.05, 0) is 44.7 Å². The van der Waals surface area contributed by atoms with Crippen molar-refractivity contribution in [1.82, 2.24) is 4.90 Å². The minimum Gasteiger partial charge on any atom is -0.328 e. The number of hydrogen-bond acceptors (Lipinski definition) is 2. The second kappa shape index (κ2) is 7.29. The third-order valence-electron chi connectivity index (χ3n) is 3.29. The highest BCUT2D eigenvalue weighted by atomic mass is 15.1. The number of nitrogens with two attached hydrogens (primary N) is 1. The van der Waals surface area contributed by atoms with E-state index in [1.54, 1.807) is 0 Å². The molecule has 0 radical (unpaired) electrons. The van der Waals surface area contributed by atoms with Gasteiger partial charge in [0.15, 0.2) is 0 Å². The Hall–Kier alpha value is -0.0800. The molecule has 1 atom stereocenters. The monoisotopic (exact) mass is 228 g/mol. The summed E-state index contributed by atoms with van der Waals surface area (Å²) in [4.78, 5) is 2.46. The summed E-state index contributed by atoms with van der Waals surface area (Å²) >= 11 is 0. The highest BCUT2D eigenvalue weighted by Gasteiger charge is 2.17. The molecule has 0 rings (SSSR count). The molecule has 0 saturated heterocycles. The molecule has 0 aromatic carbocycles. The van der Waals surface area contributed by atoms with Crippen LogP contribution < -0.4 is 5.73 Å². The molecule has 0 aliphatic rings. The Morgan fingerprint density at radius 3 is 2.00 bits per heavy atom. The van der Waals surface area contributed by atoms with E-state index in [1.807, 2.05) is 0 Å². The van der Waals surface area contributed by atoms with E-state index in [0.717, 1.165) is 25.4 Å². The largest absolute Gasteiger partial charge is 0.328 e.